The summed E-state index contributed by atoms with van der Waals surface area (Å²) in [5.41, 5.74) is 1.24. The van der Waals surface area contributed by atoms with Gasteiger partial charge in [-0.25, -0.2) is 9.78 Å². The molecule has 0 amide bonds. The van der Waals surface area contributed by atoms with Crippen LogP contribution in [-0.2, 0) is 0 Å². The van der Waals surface area contributed by atoms with Crippen molar-refractivity contribution in [2.45, 2.75) is 25.7 Å². The first-order valence-electron chi connectivity index (χ1n) is 6.77. The average molecular weight is 308 g/mol. The number of aromatic nitrogens is 1. The predicted molar refractivity (Wildman–Crippen MR) is 83.1 cm³/mol. The minimum Gasteiger partial charge on any atom is -0.478 e. The molecule has 6 heteroatoms. The van der Waals surface area contributed by atoms with E-state index in [0.717, 1.165) is 28.8 Å². The van der Waals surface area contributed by atoms with E-state index in [-0.39, 0.29) is 0 Å². The number of hydrogen-bond acceptors (Lipinski definition) is 5. The first kappa shape index (κ1) is 13.6. The van der Waals surface area contributed by atoms with Crippen LogP contribution in [0.3, 0.4) is 0 Å². The van der Waals surface area contributed by atoms with Crippen molar-refractivity contribution in [2.24, 2.45) is 0 Å². The Bertz CT molecular complexity index is 598. The zero-order valence-electron chi connectivity index (χ0n) is 11.0. The highest BCUT2D eigenvalue weighted by Crippen LogP contribution is 2.32. The predicted octanol–water partition coefficient (Wildman–Crippen LogP) is 3.95. The van der Waals surface area contributed by atoms with E-state index in [1.165, 1.54) is 37.0 Å². The second-order valence-electron chi connectivity index (χ2n) is 4.92. The molecular formula is C14H16N2O2S2. The van der Waals surface area contributed by atoms with Crippen LogP contribution in [0.1, 0.15) is 36.0 Å². The quantitative estimate of drug-likeness (QED) is 0.933. The van der Waals surface area contributed by atoms with E-state index in [4.69, 9.17) is 5.11 Å². The van der Waals surface area contributed by atoms with Crippen molar-refractivity contribution in [1.29, 1.82) is 0 Å². The maximum absolute atomic E-state index is 10.9. The van der Waals surface area contributed by atoms with Gasteiger partial charge in [0.2, 0.25) is 0 Å². The van der Waals surface area contributed by atoms with E-state index in [1.807, 2.05) is 5.38 Å². The van der Waals surface area contributed by atoms with Crippen LogP contribution in [0, 0.1) is 0 Å². The molecule has 2 aromatic heterocycles. The van der Waals surface area contributed by atoms with Gasteiger partial charge in [-0.2, -0.15) is 0 Å². The lowest BCUT2D eigenvalue weighted by atomic mass is 10.2. The molecule has 2 aromatic rings. The molecule has 4 nitrogen and oxygen atoms in total. The highest BCUT2D eigenvalue weighted by atomic mass is 32.1. The Hall–Kier alpha value is -1.40. The van der Waals surface area contributed by atoms with Crippen molar-refractivity contribution < 1.29 is 9.90 Å². The first-order chi connectivity index (χ1) is 9.74. The van der Waals surface area contributed by atoms with Gasteiger partial charge < -0.3 is 10.0 Å². The molecule has 20 heavy (non-hydrogen) atoms. The molecule has 1 aliphatic heterocycles. The van der Waals surface area contributed by atoms with Crippen LogP contribution in [0.2, 0.25) is 0 Å². The lowest BCUT2D eigenvalue weighted by Crippen LogP contribution is -2.23. The van der Waals surface area contributed by atoms with Gasteiger partial charge in [-0.1, -0.05) is 12.8 Å². The summed E-state index contributed by atoms with van der Waals surface area (Å²) in [7, 11) is 0. The van der Waals surface area contributed by atoms with Gasteiger partial charge in [-0.05, 0) is 18.9 Å². The van der Waals surface area contributed by atoms with Gasteiger partial charge in [0, 0.05) is 23.8 Å². The van der Waals surface area contributed by atoms with Crippen molar-refractivity contribution >= 4 is 33.8 Å². The number of thiazole rings is 1. The first-order valence-corrected chi connectivity index (χ1v) is 8.52. The number of anilines is 1. The van der Waals surface area contributed by atoms with Crippen LogP contribution in [0.4, 0.5) is 5.13 Å². The van der Waals surface area contributed by atoms with Crippen LogP contribution >= 0.6 is 22.7 Å². The summed E-state index contributed by atoms with van der Waals surface area (Å²) in [6.07, 6.45) is 5.08. The van der Waals surface area contributed by atoms with Crippen molar-refractivity contribution in [1.82, 2.24) is 4.98 Å². The number of thiophene rings is 1. The zero-order valence-corrected chi connectivity index (χ0v) is 12.7. The minimum absolute atomic E-state index is 0.342. The number of hydrogen-bond donors (Lipinski definition) is 1. The molecule has 0 aromatic carbocycles. The van der Waals surface area contributed by atoms with Crippen molar-refractivity contribution in [3.8, 4) is 10.6 Å². The van der Waals surface area contributed by atoms with Crippen molar-refractivity contribution in [2.75, 3.05) is 18.0 Å². The maximum atomic E-state index is 10.9. The van der Waals surface area contributed by atoms with Gasteiger partial charge in [0.25, 0.3) is 0 Å². The molecule has 0 atom stereocenters. The third-order valence-corrected chi connectivity index (χ3v) is 5.32. The van der Waals surface area contributed by atoms with E-state index in [2.05, 4.69) is 9.88 Å². The molecule has 1 N–H and O–H groups in total. The summed E-state index contributed by atoms with van der Waals surface area (Å²) in [5, 5.41) is 13.7. The molecule has 0 aliphatic carbocycles. The number of carboxylic acids is 1. The van der Waals surface area contributed by atoms with E-state index >= 15 is 0 Å². The number of rotatable bonds is 3. The standard InChI is InChI=1S/C14H16N2O2S2/c17-13(18)10-7-12(19-8-10)11-9-20-14(15-11)16-5-3-1-2-4-6-16/h7-9H,1-6H2,(H,17,18). The summed E-state index contributed by atoms with van der Waals surface area (Å²) >= 11 is 3.09. The average Bonchev–Trinajstić information content (AvgIpc) is 3.02. The third-order valence-electron chi connectivity index (χ3n) is 3.47. The summed E-state index contributed by atoms with van der Waals surface area (Å²) < 4.78 is 0. The molecule has 1 saturated heterocycles. The maximum Gasteiger partial charge on any atom is 0.336 e. The smallest absolute Gasteiger partial charge is 0.336 e. The lowest BCUT2D eigenvalue weighted by molar-refractivity contribution is 0.0697. The van der Waals surface area contributed by atoms with Crippen molar-refractivity contribution in [3.05, 3.63) is 22.4 Å². The monoisotopic (exact) mass is 308 g/mol. The fourth-order valence-electron chi connectivity index (χ4n) is 2.37. The summed E-state index contributed by atoms with van der Waals surface area (Å²) in [6.45, 7) is 2.16. The molecule has 0 radical (unpaired) electrons. The van der Waals surface area contributed by atoms with E-state index in [1.54, 1.807) is 22.8 Å². The summed E-state index contributed by atoms with van der Waals surface area (Å²) in [6, 6.07) is 1.70. The Morgan fingerprint density at radius 1 is 1.15 bits per heavy atom. The molecule has 0 unspecified atom stereocenters. The molecule has 3 heterocycles. The number of aromatic carboxylic acids is 1. The largest absolute Gasteiger partial charge is 0.478 e. The van der Waals surface area contributed by atoms with Crippen molar-refractivity contribution in [3.63, 3.8) is 0 Å². The highest BCUT2D eigenvalue weighted by molar-refractivity contribution is 7.16. The van der Waals surface area contributed by atoms with Gasteiger partial charge in [-0.3, -0.25) is 0 Å². The Balaban J connectivity index is 1.79. The van der Waals surface area contributed by atoms with Crippen LogP contribution in [0.25, 0.3) is 10.6 Å². The number of nitrogens with zero attached hydrogens (tertiary/aromatic N) is 2. The topological polar surface area (TPSA) is 53.4 Å². The van der Waals surface area contributed by atoms with E-state index < -0.39 is 5.97 Å². The third kappa shape index (κ3) is 2.86. The van der Waals surface area contributed by atoms with Gasteiger partial charge in [-0.15, -0.1) is 22.7 Å². The molecule has 0 bridgehead atoms. The van der Waals surface area contributed by atoms with Gasteiger partial charge in [0.05, 0.1) is 16.1 Å². The number of carboxylic acid groups (broad SMARTS) is 1. The molecule has 0 saturated carbocycles. The van der Waals surface area contributed by atoms with Gasteiger partial charge in [0.1, 0.15) is 0 Å². The SMILES string of the molecule is O=C(O)c1csc(-c2csc(N3CCCCCC3)n2)c1. The lowest BCUT2D eigenvalue weighted by Gasteiger charge is -2.18. The van der Waals surface area contributed by atoms with Crippen LogP contribution in [0.5, 0.6) is 0 Å². The second kappa shape index (κ2) is 5.93. The second-order valence-corrected chi connectivity index (χ2v) is 6.67. The molecule has 1 aliphatic rings. The Labute approximate surface area is 125 Å². The Morgan fingerprint density at radius 2 is 1.90 bits per heavy atom. The van der Waals surface area contributed by atoms with E-state index in [0.29, 0.717) is 5.56 Å². The Morgan fingerprint density at radius 3 is 2.55 bits per heavy atom. The molecule has 0 spiro atoms. The molecule has 1 fully saturated rings. The van der Waals surface area contributed by atoms with E-state index in [9.17, 15) is 4.79 Å². The Kier molecular flexibility index (Phi) is 4.03. The molecule has 3 rings (SSSR count). The fraction of sp³-hybridized carbons (Fsp3) is 0.429. The minimum atomic E-state index is -0.879. The number of carbonyl (C=O) groups is 1. The highest BCUT2D eigenvalue weighted by Gasteiger charge is 2.15. The summed E-state index contributed by atoms with van der Waals surface area (Å²) in [5.74, 6) is -0.879. The zero-order chi connectivity index (χ0) is 13.9. The van der Waals surface area contributed by atoms with Crippen LogP contribution in [-0.4, -0.2) is 29.1 Å². The molecular weight excluding hydrogens is 292 g/mol. The fourth-order valence-corrected chi connectivity index (χ4v) is 4.16. The molecule has 106 valence electrons. The summed E-state index contributed by atoms with van der Waals surface area (Å²) in [4.78, 5) is 18.9. The van der Waals surface area contributed by atoms with Gasteiger partial charge in [0.15, 0.2) is 5.13 Å². The van der Waals surface area contributed by atoms with Crippen LogP contribution < -0.4 is 4.90 Å². The van der Waals surface area contributed by atoms with Gasteiger partial charge >= 0.3 is 5.97 Å². The van der Waals surface area contributed by atoms with Crippen LogP contribution in [0.15, 0.2) is 16.8 Å². The normalized spacial score (nSPS) is 16.1.